The van der Waals surface area contributed by atoms with Crippen molar-refractivity contribution in [1.82, 2.24) is 15.0 Å². The Kier molecular flexibility index (Phi) is 3.67. The lowest BCUT2D eigenvalue weighted by Crippen LogP contribution is -1.98. The van der Waals surface area contributed by atoms with Crippen molar-refractivity contribution in [1.29, 1.82) is 0 Å². The second-order valence-corrected chi connectivity index (χ2v) is 5.77. The molecule has 0 atom stereocenters. The molecule has 4 N–H and O–H groups in total. The van der Waals surface area contributed by atoms with Crippen LogP contribution in [0.25, 0.3) is 28.2 Å². The van der Waals surface area contributed by atoms with Gasteiger partial charge in [-0.15, -0.1) is 10.2 Å². The molecule has 1 aromatic heterocycles. The first-order chi connectivity index (χ1) is 12.2. The van der Waals surface area contributed by atoms with E-state index in [1.165, 1.54) is 0 Å². The van der Waals surface area contributed by atoms with Gasteiger partial charge in [0, 0.05) is 22.5 Å². The smallest absolute Gasteiger partial charge is 0.121 e. The van der Waals surface area contributed by atoms with Crippen LogP contribution in [0, 0.1) is 0 Å². The lowest BCUT2D eigenvalue weighted by Gasteiger charge is -2.03. The molecule has 0 radical (unpaired) electrons. The number of nitrogen functional groups attached to an aromatic ring is 2. The van der Waals surface area contributed by atoms with Gasteiger partial charge in [0.15, 0.2) is 0 Å². The number of hydrogen-bond acceptors (Lipinski definition) is 4. The first-order valence-electron chi connectivity index (χ1n) is 7.95. The average molecular weight is 327 g/mol. The van der Waals surface area contributed by atoms with Crippen molar-refractivity contribution in [3.63, 3.8) is 0 Å². The Balaban J connectivity index is 1.93. The molecular weight excluding hydrogens is 310 g/mol. The maximum Gasteiger partial charge on any atom is 0.121 e. The summed E-state index contributed by atoms with van der Waals surface area (Å²) in [5.41, 5.74) is 17.5. The highest BCUT2D eigenvalue weighted by atomic mass is 15.5. The van der Waals surface area contributed by atoms with E-state index >= 15 is 0 Å². The third-order valence-corrected chi connectivity index (χ3v) is 3.92. The average Bonchev–Trinajstić information content (AvgIpc) is 3.08. The molecule has 0 aliphatic rings. The summed E-state index contributed by atoms with van der Waals surface area (Å²) in [6.07, 6.45) is 0. The standard InChI is InChI=1S/C20H17N5/c21-16-8-4-6-14(12-16)19-20(15-7-5-9-17(22)13-15)24-25(23-19)18-10-2-1-3-11-18/h1-13H,21-22H2. The molecule has 25 heavy (non-hydrogen) atoms. The Morgan fingerprint density at radius 1 is 0.600 bits per heavy atom. The molecule has 0 unspecified atom stereocenters. The summed E-state index contributed by atoms with van der Waals surface area (Å²) < 4.78 is 0. The first kappa shape index (κ1) is 15.0. The van der Waals surface area contributed by atoms with Gasteiger partial charge in [0.1, 0.15) is 11.4 Å². The molecule has 1 heterocycles. The van der Waals surface area contributed by atoms with E-state index in [1.54, 1.807) is 4.80 Å². The van der Waals surface area contributed by atoms with Crippen LogP contribution < -0.4 is 11.5 Å². The lowest BCUT2D eigenvalue weighted by atomic mass is 10.0. The highest BCUT2D eigenvalue weighted by molar-refractivity contribution is 5.80. The largest absolute Gasteiger partial charge is 0.399 e. The van der Waals surface area contributed by atoms with Gasteiger partial charge in [0.25, 0.3) is 0 Å². The molecule has 0 aliphatic heterocycles. The van der Waals surface area contributed by atoms with Gasteiger partial charge in [-0.3, -0.25) is 0 Å². The van der Waals surface area contributed by atoms with Gasteiger partial charge in [-0.2, -0.15) is 4.80 Å². The van der Waals surface area contributed by atoms with E-state index in [0.29, 0.717) is 11.4 Å². The van der Waals surface area contributed by atoms with E-state index in [-0.39, 0.29) is 0 Å². The Labute approximate surface area is 145 Å². The van der Waals surface area contributed by atoms with Crippen molar-refractivity contribution in [3.05, 3.63) is 78.9 Å². The van der Waals surface area contributed by atoms with Crippen molar-refractivity contribution in [2.75, 3.05) is 11.5 Å². The normalized spacial score (nSPS) is 10.7. The van der Waals surface area contributed by atoms with E-state index in [0.717, 1.165) is 28.2 Å². The second-order valence-electron chi connectivity index (χ2n) is 5.77. The molecule has 122 valence electrons. The van der Waals surface area contributed by atoms with Crippen molar-refractivity contribution in [2.45, 2.75) is 0 Å². The van der Waals surface area contributed by atoms with Crippen molar-refractivity contribution >= 4 is 11.4 Å². The molecule has 0 aliphatic carbocycles. The number of nitrogens with zero attached hydrogens (tertiary/aromatic N) is 3. The molecule has 0 bridgehead atoms. The minimum atomic E-state index is 0.685. The third-order valence-electron chi connectivity index (χ3n) is 3.92. The van der Waals surface area contributed by atoms with Crippen LogP contribution in [0.5, 0.6) is 0 Å². The number of aromatic nitrogens is 3. The fraction of sp³-hybridized carbons (Fsp3) is 0. The number of rotatable bonds is 3. The van der Waals surface area contributed by atoms with Gasteiger partial charge in [-0.1, -0.05) is 42.5 Å². The predicted molar refractivity (Wildman–Crippen MR) is 101 cm³/mol. The minimum absolute atomic E-state index is 0.685. The van der Waals surface area contributed by atoms with Crippen molar-refractivity contribution < 1.29 is 0 Å². The SMILES string of the molecule is Nc1cccc(-c2nn(-c3ccccc3)nc2-c2cccc(N)c2)c1. The Bertz CT molecular complexity index is 958. The summed E-state index contributed by atoms with van der Waals surface area (Å²) in [6.45, 7) is 0. The van der Waals surface area contributed by atoms with Gasteiger partial charge in [0.2, 0.25) is 0 Å². The number of anilines is 2. The Hall–Kier alpha value is -3.60. The summed E-state index contributed by atoms with van der Waals surface area (Å²) in [5.74, 6) is 0. The quantitative estimate of drug-likeness (QED) is 0.561. The maximum atomic E-state index is 5.95. The van der Waals surface area contributed by atoms with Crippen LogP contribution >= 0.6 is 0 Å². The summed E-state index contributed by atoms with van der Waals surface area (Å²) >= 11 is 0. The van der Waals surface area contributed by atoms with Crippen LogP contribution in [0.15, 0.2) is 78.9 Å². The molecule has 0 amide bonds. The maximum absolute atomic E-state index is 5.95. The minimum Gasteiger partial charge on any atom is -0.399 e. The highest BCUT2D eigenvalue weighted by Crippen LogP contribution is 2.31. The zero-order chi connectivity index (χ0) is 17.2. The van der Waals surface area contributed by atoms with Crippen LogP contribution in [-0.4, -0.2) is 15.0 Å². The van der Waals surface area contributed by atoms with Crippen LogP contribution in [0.1, 0.15) is 0 Å². The molecule has 3 aromatic carbocycles. The fourth-order valence-electron chi connectivity index (χ4n) is 2.74. The molecule has 0 saturated carbocycles. The number of para-hydroxylation sites is 1. The molecule has 5 heteroatoms. The Morgan fingerprint density at radius 2 is 1.12 bits per heavy atom. The molecule has 0 spiro atoms. The predicted octanol–water partition coefficient (Wildman–Crippen LogP) is 3.77. The van der Waals surface area contributed by atoms with E-state index < -0.39 is 0 Å². The third kappa shape index (κ3) is 2.95. The highest BCUT2D eigenvalue weighted by Gasteiger charge is 2.16. The molecule has 0 fully saturated rings. The summed E-state index contributed by atoms with van der Waals surface area (Å²) in [7, 11) is 0. The fourth-order valence-corrected chi connectivity index (χ4v) is 2.74. The van der Waals surface area contributed by atoms with Crippen LogP contribution in [0.2, 0.25) is 0 Å². The molecular formula is C20H17N5. The van der Waals surface area contributed by atoms with Gasteiger partial charge >= 0.3 is 0 Å². The van der Waals surface area contributed by atoms with Gasteiger partial charge in [0.05, 0.1) is 5.69 Å². The number of hydrogen-bond donors (Lipinski definition) is 2. The molecule has 5 nitrogen and oxygen atoms in total. The lowest BCUT2D eigenvalue weighted by molar-refractivity contribution is 0.756. The van der Waals surface area contributed by atoms with Crippen LogP contribution in [0.3, 0.4) is 0 Å². The van der Waals surface area contributed by atoms with Gasteiger partial charge in [-0.25, -0.2) is 0 Å². The second kappa shape index (κ2) is 6.13. The monoisotopic (exact) mass is 327 g/mol. The number of nitrogens with two attached hydrogens (primary N) is 2. The van der Waals surface area contributed by atoms with Crippen LogP contribution in [0.4, 0.5) is 11.4 Å². The Morgan fingerprint density at radius 3 is 1.60 bits per heavy atom. The van der Waals surface area contributed by atoms with E-state index in [2.05, 4.69) is 0 Å². The first-order valence-corrected chi connectivity index (χ1v) is 7.95. The molecule has 4 rings (SSSR count). The summed E-state index contributed by atoms with van der Waals surface area (Å²) in [4.78, 5) is 1.64. The zero-order valence-corrected chi connectivity index (χ0v) is 13.5. The van der Waals surface area contributed by atoms with Crippen LogP contribution in [-0.2, 0) is 0 Å². The zero-order valence-electron chi connectivity index (χ0n) is 13.5. The van der Waals surface area contributed by atoms with E-state index in [1.807, 2.05) is 78.9 Å². The molecule has 4 aromatic rings. The van der Waals surface area contributed by atoms with Gasteiger partial charge < -0.3 is 11.5 Å². The summed E-state index contributed by atoms with van der Waals surface area (Å²) in [5, 5.41) is 9.41. The van der Waals surface area contributed by atoms with Crippen molar-refractivity contribution in [3.8, 4) is 28.2 Å². The van der Waals surface area contributed by atoms with E-state index in [9.17, 15) is 0 Å². The molecule has 0 saturated heterocycles. The summed E-state index contributed by atoms with van der Waals surface area (Å²) in [6, 6.07) is 25.1. The topological polar surface area (TPSA) is 82.8 Å². The van der Waals surface area contributed by atoms with Gasteiger partial charge in [-0.05, 0) is 36.4 Å². The van der Waals surface area contributed by atoms with E-state index in [4.69, 9.17) is 21.7 Å². The van der Waals surface area contributed by atoms with Crippen molar-refractivity contribution in [2.24, 2.45) is 0 Å². The number of benzene rings is 3.